The second kappa shape index (κ2) is 3.99. The first-order valence-corrected chi connectivity index (χ1v) is 4.29. The Morgan fingerprint density at radius 2 is 2.08 bits per heavy atom. The van der Waals surface area contributed by atoms with Gasteiger partial charge in [0.05, 0.1) is 12.0 Å². The number of phenols is 1. The molecule has 0 saturated carbocycles. The van der Waals surface area contributed by atoms with Crippen molar-refractivity contribution < 1.29 is 10.2 Å². The topological polar surface area (TPSA) is 40.5 Å². The van der Waals surface area contributed by atoms with Gasteiger partial charge in [0.25, 0.3) is 0 Å². The molecule has 0 aliphatic carbocycles. The lowest BCUT2D eigenvalue weighted by molar-refractivity contribution is 0.202. The van der Waals surface area contributed by atoms with Gasteiger partial charge in [-0.1, -0.05) is 11.6 Å². The van der Waals surface area contributed by atoms with Crippen LogP contribution in [0.4, 0.5) is 0 Å². The quantitative estimate of drug-likeness (QED) is 0.730. The molecule has 0 spiro atoms. The van der Waals surface area contributed by atoms with Crippen molar-refractivity contribution in [1.82, 2.24) is 0 Å². The highest BCUT2D eigenvalue weighted by atomic mass is 35.5. The van der Waals surface area contributed by atoms with Crippen molar-refractivity contribution in [2.45, 2.75) is 6.10 Å². The average molecular weight is 207 g/mol. The van der Waals surface area contributed by atoms with Gasteiger partial charge >= 0.3 is 0 Å². The smallest absolute Gasteiger partial charge is 0.116 e. The molecule has 0 aromatic heterocycles. The van der Waals surface area contributed by atoms with Crippen molar-refractivity contribution in [2.24, 2.45) is 0 Å². The summed E-state index contributed by atoms with van der Waals surface area (Å²) >= 11 is 11.2. The van der Waals surface area contributed by atoms with E-state index >= 15 is 0 Å². The van der Waals surface area contributed by atoms with Gasteiger partial charge in [0, 0.05) is 10.6 Å². The number of rotatable bonds is 2. The van der Waals surface area contributed by atoms with Crippen molar-refractivity contribution in [1.29, 1.82) is 0 Å². The third-order valence-corrected chi connectivity index (χ3v) is 2.12. The molecule has 0 amide bonds. The van der Waals surface area contributed by atoms with Crippen molar-refractivity contribution in [3.8, 4) is 5.75 Å². The molecule has 0 radical (unpaired) electrons. The third kappa shape index (κ3) is 2.03. The van der Waals surface area contributed by atoms with Crippen LogP contribution in [0.2, 0.25) is 5.02 Å². The SMILES string of the molecule is Oc1ccc(Cl)c(C(O)CCl)c1. The van der Waals surface area contributed by atoms with Gasteiger partial charge in [0.15, 0.2) is 0 Å². The standard InChI is InChI=1S/C8H8Cl2O2/c9-4-8(12)6-3-5(11)1-2-7(6)10/h1-3,8,11-12H,4H2. The molecule has 12 heavy (non-hydrogen) atoms. The molecule has 0 fully saturated rings. The van der Waals surface area contributed by atoms with Crippen molar-refractivity contribution >= 4 is 23.2 Å². The lowest BCUT2D eigenvalue weighted by Crippen LogP contribution is -1.98. The Morgan fingerprint density at radius 3 is 2.67 bits per heavy atom. The molecule has 0 heterocycles. The number of phenolic OH excluding ortho intramolecular Hbond substituents is 1. The zero-order valence-electron chi connectivity index (χ0n) is 6.17. The summed E-state index contributed by atoms with van der Waals surface area (Å²) in [6.45, 7) is 0. The van der Waals surface area contributed by atoms with Gasteiger partial charge in [-0.15, -0.1) is 11.6 Å². The Hall–Kier alpha value is -0.440. The molecule has 0 saturated heterocycles. The summed E-state index contributed by atoms with van der Waals surface area (Å²) in [6.07, 6.45) is -0.828. The summed E-state index contributed by atoms with van der Waals surface area (Å²) < 4.78 is 0. The maximum Gasteiger partial charge on any atom is 0.116 e. The number of halogens is 2. The zero-order valence-corrected chi connectivity index (χ0v) is 7.68. The Morgan fingerprint density at radius 1 is 1.42 bits per heavy atom. The van der Waals surface area contributed by atoms with Crippen LogP contribution in [0, 0.1) is 0 Å². The summed E-state index contributed by atoms with van der Waals surface area (Å²) in [5, 5.41) is 18.8. The van der Waals surface area contributed by atoms with Crippen molar-refractivity contribution in [3.63, 3.8) is 0 Å². The Balaban J connectivity index is 3.04. The van der Waals surface area contributed by atoms with Gasteiger partial charge in [0.2, 0.25) is 0 Å². The summed E-state index contributed by atoms with van der Waals surface area (Å²) in [4.78, 5) is 0. The van der Waals surface area contributed by atoms with Crippen LogP contribution >= 0.6 is 23.2 Å². The van der Waals surface area contributed by atoms with Gasteiger partial charge < -0.3 is 10.2 Å². The molecule has 1 atom stereocenters. The van der Waals surface area contributed by atoms with E-state index in [4.69, 9.17) is 28.3 Å². The first-order valence-electron chi connectivity index (χ1n) is 3.37. The number of alkyl halides is 1. The maximum atomic E-state index is 9.31. The number of hydrogen-bond acceptors (Lipinski definition) is 2. The van der Waals surface area contributed by atoms with Crippen molar-refractivity contribution in [2.75, 3.05) is 5.88 Å². The van der Waals surface area contributed by atoms with E-state index in [1.54, 1.807) is 0 Å². The molecule has 2 N–H and O–H groups in total. The highest BCUT2D eigenvalue weighted by Gasteiger charge is 2.10. The molecule has 0 bridgehead atoms. The third-order valence-electron chi connectivity index (χ3n) is 1.48. The fourth-order valence-corrected chi connectivity index (χ4v) is 1.28. The Bertz CT molecular complexity index is 276. The maximum absolute atomic E-state index is 9.31. The van der Waals surface area contributed by atoms with E-state index in [2.05, 4.69) is 0 Å². The van der Waals surface area contributed by atoms with E-state index in [9.17, 15) is 5.11 Å². The lowest BCUT2D eigenvalue weighted by Gasteiger charge is -2.08. The van der Waals surface area contributed by atoms with Gasteiger partial charge in [0.1, 0.15) is 5.75 Å². The number of aliphatic hydroxyl groups is 1. The number of benzene rings is 1. The summed E-state index contributed by atoms with van der Waals surface area (Å²) in [7, 11) is 0. The summed E-state index contributed by atoms with van der Waals surface area (Å²) in [6, 6.07) is 4.37. The molecule has 1 unspecified atom stereocenters. The predicted molar refractivity (Wildman–Crippen MR) is 48.8 cm³/mol. The Kier molecular flexibility index (Phi) is 3.20. The highest BCUT2D eigenvalue weighted by Crippen LogP contribution is 2.27. The minimum absolute atomic E-state index is 0.0587. The van der Waals surface area contributed by atoms with Gasteiger partial charge in [-0.05, 0) is 18.2 Å². The second-order valence-corrected chi connectivity index (χ2v) is 3.09. The molecule has 0 aliphatic heterocycles. The minimum Gasteiger partial charge on any atom is -0.508 e. The van der Waals surface area contributed by atoms with E-state index in [0.717, 1.165) is 0 Å². The van der Waals surface area contributed by atoms with E-state index in [0.29, 0.717) is 10.6 Å². The van der Waals surface area contributed by atoms with Crippen LogP contribution in [0.1, 0.15) is 11.7 Å². The van der Waals surface area contributed by atoms with E-state index < -0.39 is 6.10 Å². The van der Waals surface area contributed by atoms with E-state index in [1.165, 1.54) is 18.2 Å². The first kappa shape index (κ1) is 9.65. The van der Waals surface area contributed by atoms with E-state index in [-0.39, 0.29) is 11.6 Å². The van der Waals surface area contributed by atoms with Crippen LogP contribution in [0.25, 0.3) is 0 Å². The molecule has 1 rings (SSSR count). The first-order chi connectivity index (χ1) is 5.65. The monoisotopic (exact) mass is 206 g/mol. The molecule has 2 nitrogen and oxygen atoms in total. The second-order valence-electron chi connectivity index (χ2n) is 2.38. The molecule has 1 aromatic carbocycles. The summed E-state index contributed by atoms with van der Waals surface area (Å²) in [5.74, 6) is 0.127. The van der Waals surface area contributed by atoms with Crippen LogP contribution < -0.4 is 0 Å². The molecular formula is C8H8Cl2O2. The van der Waals surface area contributed by atoms with Crippen LogP contribution in [-0.2, 0) is 0 Å². The average Bonchev–Trinajstić information content (AvgIpc) is 2.08. The van der Waals surface area contributed by atoms with Crippen LogP contribution in [0.5, 0.6) is 5.75 Å². The lowest BCUT2D eigenvalue weighted by atomic mass is 10.1. The van der Waals surface area contributed by atoms with Gasteiger partial charge in [-0.3, -0.25) is 0 Å². The molecular weight excluding hydrogens is 199 g/mol. The largest absolute Gasteiger partial charge is 0.508 e. The van der Waals surface area contributed by atoms with Crippen LogP contribution in [0.15, 0.2) is 18.2 Å². The number of aromatic hydroxyl groups is 1. The molecule has 4 heteroatoms. The zero-order chi connectivity index (χ0) is 9.14. The van der Waals surface area contributed by atoms with Crippen LogP contribution in [-0.4, -0.2) is 16.1 Å². The van der Waals surface area contributed by atoms with Crippen molar-refractivity contribution in [3.05, 3.63) is 28.8 Å². The molecule has 0 aliphatic rings. The van der Waals surface area contributed by atoms with Crippen LogP contribution in [0.3, 0.4) is 0 Å². The highest BCUT2D eigenvalue weighted by molar-refractivity contribution is 6.31. The fourth-order valence-electron chi connectivity index (χ4n) is 0.870. The number of hydrogen-bond donors (Lipinski definition) is 2. The Labute approximate surface area is 80.4 Å². The fraction of sp³-hybridized carbons (Fsp3) is 0.250. The van der Waals surface area contributed by atoms with Gasteiger partial charge in [-0.25, -0.2) is 0 Å². The van der Waals surface area contributed by atoms with E-state index in [1.807, 2.05) is 0 Å². The summed E-state index contributed by atoms with van der Waals surface area (Å²) in [5.41, 5.74) is 0.451. The minimum atomic E-state index is -0.828. The molecule has 66 valence electrons. The predicted octanol–water partition coefficient (Wildman–Crippen LogP) is 2.32. The molecule has 1 aromatic rings. The number of aliphatic hydroxyl groups excluding tert-OH is 1. The normalized spacial score (nSPS) is 12.9. The van der Waals surface area contributed by atoms with Gasteiger partial charge in [-0.2, -0.15) is 0 Å².